The molecule has 11 atom stereocenters. The van der Waals surface area contributed by atoms with Gasteiger partial charge in [0.1, 0.15) is 23.9 Å². The van der Waals surface area contributed by atoms with Crippen LogP contribution in [0.2, 0.25) is 18.1 Å². The number of aliphatic hydroxyl groups excluding tert-OH is 1. The third-order valence-electron chi connectivity index (χ3n) is 15.8. The van der Waals surface area contributed by atoms with E-state index >= 15 is 9.59 Å². The number of ether oxygens (including phenoxy) is 5. The van der Waals surface area contributed by atoms with Crippen molar-refractivity contribution < 1.29 is 67.1 Å². The monoisotopic (exact) mass is 967 g/mol. The van der Waals surface area contributed by atoms with Gasteiger partial charge < -0.3 is 43.6 Å². The topological polar surface area (TPSA) is 210 Å². The molecule has 0 spiro atoms. The van der Waals surface area contributed by atoms with Gasteiger partial charge in [0, 0.05) is 37.7 Å². The highest BCUT2D eigenvalue weighted by Gasteiger charge is 2.78. The van der Waals surface area contributed by atoms with E-state index in [2.05, 4.69) is 5.32 Å². The maximum atomic E-state index is 15.8. The van der Waals surface area contributed by atoms with E-state index in [1.165, 1.54) is 26.0 Å². The molecule has 1 unspecified atom stereocenters. The number of hydrogen-bond donors (Lipinski definition) is 3. The SMILES string of the molecule is CC[Si](CC)(CC)O[C@@H](C(=O)OC1C[C@@]2(O)[C@@H](OC(=O)c3ccccc3)[C@@H]3[C@]4(OC(C)=O)CO[C@@H]4C[C@H](O)[C@@]3(C)C(=O)[C@H](OC(C)=O)C(=C1C)C2(C)C)[C@@H](NC(=O)c1ccccc1)c1ccccc1. The number of esters is 4. The summed E-state index contributed by atoms with van der Waals surface area (Å²) in [6, 6.07) is 26.2. The fraction of sp³-hybridized carbons (Fsp3) is 0.509. The zero-order chi connectivity index (χ0) is 50.3. The summed E-state index contributed by atoms with van der Waals surface area (Å²) in [5.74, 6) is -6.25. The lowest BCUT2D eigenvalue weighted by atomic mass is 9.44. The van der Waals surface area contributed by atoms with Crippen LogP contribution >= 0.6 is 0 Å². The predicted octanol–water partition coefficient (Wildman–Crippen LogP) is 6.77. The lowest BCUT2D eigenvalue weighted by molar-refractivity contribution is -0.346. The number of Topliss-reactive ketones (excluding diaryl/α,β-unsaturated/α-hetero) is 1. The van der Waals surface area contributed by atoms with Crippen LogP contribution in [0.15, 0.2) is 102 Å². The molecule has 0 radical (unpaired) electrons. The molecule has 3 aliphatic carbocycles. The molecule has 2 saturated carbocycles. The Labute approximate surface area is 404 Å². The van der Waals surface area contributed by atoms with Crippen molar-refractivity contribution in [2.24, 2.45) is 16.7 Å². The summed E-state index contributed by atoms with van der Waals surface area (Å²) < 4.78 is 38.3. The minimum Gasteiger partial charge on any atom is -0.456 e. The average Bonchev–Trinajstić information content (AvgIpc) is 3.33. The van der Waals surface area contributed by atoms with Crippen LogP contribution in [0, 0.1) is 16.7 Å². The summed E-state index contributed by atoms with van der Waals surface area (Å²) in [6.45, 7) is 14.3. The molecule has 16 heteroatoms. The van der Waals surface area contributed by atoms with Gasteiger partial charge in [-0.2, -0.15) is 0 Å². The highest BCUT2D eigenvalue weighted by Crippen LogP contribution is 2.64. The van der Waals surface area contributed by atoms with Crippen LogP contribution < -0.4 is 5.32 Å². The zero-order valence-electron chi connectivity index (χ0n) is 40.8. The number of aliphatic hydroxyl groups is 2. The van der Waals surface area contributed by atoms with Crippen LogP contribution in [-0.2, 0) is 47.3 Å². The molecule has 0 aromatic heterocycles. The Balaban J connectivity index is 1.44. The number of nitrogens with one attached hydrogen (secondary N) is 1. The van der Waals surface area contributed by atoms with E-state index < -0.39 is 121 Å². The molecular weight excluding hydrogens is 903 g/mol. The fourth-order valence-corrected chi connectivity index (χ4v) is 14.3. The van der Waals surface area contributed by atoms with Gasteiger partial charge in [0.2, 0.25) is 0 Å². The highest BCUT2D eigenvalue weighted by atomic mass is 28.4. The third-order valence-corrected chi connectivity index (χ3v) is 20.4. The van der Waals surface area contributed by atoms with Crippen LogP contribution in [-0.4, -0.2) is 109 Å². The normalized spacial score (nSPS) is 30.1. The number of fused-ring (bicyclic) bond motifs is 5. The second kappa shape index (κ2) is 19.7. The average molecular weight is 968 g/mol. The summed E-state index contributed by atoms with van der Waals surface area (Å²) in [5, 5.41) is 29.3. The van der Waals surface area contributed by atoms with Crippen molar-refractivity contribution in [3.8, 4) is 0 Å². The Bertz CT molecular complexity index is 2450. The second-order valence-corrected chi connectivity index (χ2v) is 24.4. The largest absolute Gasteiger partial charge is 0.456 e. The summed E-state index contributed by atoms with van der Waals surface area (Å²) in [4.78, 5) is 86.2. The summed E-state index contributed by atoms with van der Waals surface area (Å²) in [7, 11) is -2.74. The minimum absolute atomic E-state index is 0.0595. The molecule has 1 saturated heterocycles. The third kappa shape index (κ3) is 8.98. The number of benzene rings is 3. The molecule has 370 valence electrons. The maximum Gasteiger partial charge on any atom is 0.338 e. The van der Waals surface area contributed by atoms with Crippen LogP contribution in [0.3, 0.4) is 0 Å². The second-order valence-electron chi connectivity index (χ2n) is 19.7. The molecule has 3 aromatic carbocycles. The van der Waals surface area contributed by atoms with Crippen molar-refractivity contribution in [2.75, 3.05) is 6.61 Å². The van der Waals surface area contributed by atoms with Gasteiger partial charge in [0.15, 0.2) is 31.9 Å². The summed E-state index contributed by atoms with van der Waals surface area (Å²) in [5.41, 5.74) is -6.50. The molecule has 2 bridgehead atoms. The summed E-state index contributed by atoms with van der Waals surface area (Å²) >= 11 is 0. The lowest BCUT2D eigenvalue weighted by Crippen LogP contribution is -2.82. The first-order valence-corrected chi connectivity index (χ1v) is 26.4. The minimum atomic E-state index is -2.74. The smallest absolute Gasteiger partial charge is 0.338 e. The molecule has 69 heavy (non-hydrogen) atoms. The Morgan fingerprint density at radius 1 is 0.812 bits per heavy atom. The first-order valence-electron chi connectivity index (χ1n) is 23.8. The zero-order valence-corrected chi connectivity index (χ0v) is 41.8. The molecule has 7 rings (SSSR count). The van der Waals surface area contributed by atoms with E-state index in [-0.39, 0.29) is 29.7 Å². The van der Waals surface area contributed by atoms with E-state index in [1.807, 2.05) is 26.8 Å². The number of carbonyl (C=O) groups excluding carboxylic acids is 6. The number of ketones is 1. The fourth-order valence-electron chi connectivity index (χ4n) is 11.6. The molecule has 1 heterocycles. The van der Waals surface area contributed by atoms with Crippen LogP contribution in [0.5, 0.6) is 0 Å². The maximum absolute atomic E-state index is 15.8. The van der Waals surface area contributed by atoms with Gasteiger partial charge in [0.25, 0.3) is 5.91 Å². The van der Waals surface area contributed by atoms with E-state index in [9.17, 15) is 29.4 Å². The molecule has 1 aliphatic heterocycles. The van der Waals surface area contributed by atoms with Crippen molar-refractivity contribution in [2.45, 2.75) is 147 Å². The van der Waals surface area contributed by atoms with Gasteiger partial charge >= 0.3 is 23.9 Å². The van der Waals surface area contributed by atoms with E-state index in [4.69, 9.17) is 28.1 Å². The molecule has 3 aromatic rings. The van der Waals surface area contributed by atoms with E-state index in [1.54, 1.807) is 93.6 Å². The number of carbonyl (C=O) groups is 6. The molecule has 3 fully saturated rings. The Kier molecular flexibility index (Phi) is 14.7. The molecule has 15 nitrogen and oxygen atoms in total. The van der Waals surface area contributed by atoms with Crippen molar-refractivity contribution in [1.82, 2.24) is 5.32 Å². The Morgan fingerprint density at radius 3 is 1.90 bits per heavy atom. The first kappa shape index (κ1) is 51.3. The number of rotatable bonds is 15. The lowest BCUT2D eigenvalue weighted by Gasteiger charge is -2.67. The van der Waals surface area contributed by atoms with Gasteiger partial charge in [-0.05, 0) is 73.0 Å². The number of amides is 1. The quantitative estimate of drug-likeness (QED) is 0.0622. The van der Waals surface area contributed by atoms with Gasteiger partial charge in [-0.3, -0.25) is 19.2 Å². The van der Waals surface area contributed by atoms with Crippen LogP contribution in [0.25, 0.3) is 0 Å². The van der Waals surface area contributed by atoms with E-state index in [0.29, 0.717) is 29.3 Å². The van der Waals surface area contributed by atoms with Crippen molar-refractivity contribution in [3.05, 3.63) is 119 Å². The molecule has 3 N–H and O–H groups in total. The van der Waals surface area contributed by atoms with E-state index in [0.717, 1.165) is 6.92 Å². The van der Waals surface area contributed by atoms with Crippen molar-refractivity contribution in [1.29, 1.82) is 0 Å². The van der Waals surface area contributed by atoms with Crippen molar-refractivity contribution >= 4 is 43.9 Å². The van der Waals surface area contributed by atoms with Gasteiger partial charge in [-0.25, -0.2) is 9.59 Å². The van der Waals surface area contributed by atoms with Crippen LogP contribution in [0.1, 0.15) is 107 Å². The van der Waals surface area contributed by atoms with Crippen molar-refractivity contribution in [3.63, 3.8) is 0 Å². The standard InChI is InChI=1S/C53H65NO14Si/c1-10-69(11-2,12-3)68-43(41(34-22-16-13-17-23-34)54-47(59)35-24-18-14-19-25-35)49(61)65-37-29-53(62)46(66-48(60)36-26-20-15-21-27-36)44-51(9,38(57)28-39-52(44,30-63-39)67-33(6)56)45(58)42(64-32(5)55)40(31(37)4)50(53,7)8/h13-27,37-39,41-44,46,57,62H,10-12,28-30H2,1-9H3,(H,54,59)/t37?,38-,39+,41-,42+,43+,44-,46-,51+,52-,53+/m0/s1. The van der Waals surface area contributed by atoms with Crippen LogP contribution in [0.4, 0.5) is 0 Å². The Hall–Kier alpha value is -5.52. The first-order chi connectivity index (χ1) is 32.6. The Morgan fingerprint density at radius 2 is 1.38 bits per heavy atom. The molecule has 4 aliphatic rings. The van der Waals surface area contributed by atoms with Gasteiger partial charge in [-0.15, -0.1) is 0 Å². The summed E-state index contributed by atoms with van der Waals surface area (Å²) in [6.07, 6.45) is -9.69. The van der Waals surface area contributed by atoms with Gasteiger partial charge in [0.05, 0.1) is 35.6 Å². The van der Waals surface area contributed by atoms with Gasteiger partial charge in [-0.1, -0.05) is 101 Å². The molecule has 1 amide bonds. The highest BCUT2D eigenvalue weighted by molar-refractivity contribution is 6.73. The number of hydrogen-bond acceptors (Lipinski definition) is 14. The predicted molar refractivity (Wildman–Crippen MR) is 254 cm³/mol. The molecular formula is C53H65NO14Si.